The number of nitrogens with zero attached hydrogens (tertiary/aromatic N) is 1. The highest BCUT2D eigenvalue weighted by molar-refractivity contribution is 5.28. The fourth-order valence-corrected chi connectivity index (χ4v) is 3.71. The van der Waals surface area contributed by atoms with Gasteiger partial charge in [0.2, 0.25) is 0 Å². The predicted octanol–water partition coefficient (Wildman–Crippen LogP) is 4.16. The van der Waals surface area contributed by atoms with Crippen molar-refractivity contribution in [1.82, 2.24) is 10.2 Å². The van der Waals surface area contributed by atoms with Crippen molar-refractivity contribution in [3.8, 4) is 0 Å². The van der Waals surface area contributed by atoms with Gasteiger partial charge in [0, 0.05) is 18.6 Å². The van der Waals surface area contributed by atoms with E-state index < -0.39 is 0 Å². The maximum Gasteiger partial charge on any atom is 0.0296 e. The monoisotopic (exact) mass is 288 g/mol. The molecule has 1 aromatic rings. The predicted molar refractivity (Wildman–Crippen MR) is 91.6 cm³/mol. The second kappa shape index (κ2) is 7.95. The van der Waals surface area contributed by atoms with Gasteiger partial charge < -0.3 is 10.2 Å². The standard InChI is InChI=1S/C19H32N2/c1-5-12-21-13-8-10-18(14-21)16(3)20-17(4)19-11-7-6-9-15(19)2/h6-7,9,11,16-18,20H,5,8,10,12-14H2,1-4H3/t16?,17-,18?/m1/s1. The molecule has 2 unspecified atom stereocenters. The zero-order valence-electron chi connectivity index (χ0n) is 14.2. The molecular formula is C19H32N2. The fourth-order valence-electron chi connectivity index (χ4n) is 3.71. The van der Waals surface area contributed by atoms with Gasteiger partial charge in [-0.2, -0.15) is 0 Å². The molecule has 1 N–H and O–H groups in total. The van der Waals surface area contributed by atoms with Crippen LogP contribution in [-0.4, -0.2) is 30.6 Å². The normalized spacial score (nSPS) is 23.0. The molecule has 0 radical (unpaired) electrons. The summed E-state index contributed by atoms with van der Waals surface area (Å²) in [4.78, 5) is 2.64. The third kappa shape index (κ3) is 4.55. The first-order valence-electron chi connectivity index (χ1n) is 8.65. The molecular weight excluding hydrogens is 256 g/mol. The van der Waals surface area contributed by atoms with Crippen LogP contribution in [0.1, 0.15) is 57.2 Å². The fraction of sp³-hybridized carbons (Fsp3) is 0.684. The molecule has 1 fully saturated rings. The van der Waals surface area contributed by atoms with Crippen molar-refractivity contribution in [3.63, 3.8) is 0 Å². The van der Waals surface area contributed by atoms with Crippen LogP contribution in [0, 0.1) is 12.8 Å². The van der Waals surface area contributed by atoms with Gasteiger partial charge in [-0.3, -0.25) is 0 Å². The molecule has 21 heavy (non-hydrogen) atoms. The Morgan fingerprint density at radius 3 is 2.76 bits per heavy atom. The number of nitrogens with one attached hydrogen (secondary N) is 1. The lowest BCUT2D eigenvalue weighted by Gasteiger charge is -2.37. The molecule has 0 spiro atoms. The van der Waals surface area contributed by atoms with E-state index >= 15 is 0 Å². The molecule has 0 amide bonds. The third-order valence-electron chi connectivity index (χ3n) is 4.96. The number of aryl methyl sites for hydroxylation is 1. The van der Waals surface area contributed by atoms with Crippen molar-refractivity contribution in [3.05, 3.63) is 35.4 Å². The minimum atomic E-state index is 0.433. The highest BCUT2D eigenvalue weighted by atomic mass is 15.1. The number of hydrogen-bond donors (Lipinski definition) is 1. The Morgan fingerprint density at radius 1 is 1.29 bits per heavy atom. The maximum absolute atomic E-state index is 3.84. The van der Waals surface area contributed by atoms with Crippen LogP contribution in [0.25, 0.3) is 0 Å². The molecule has 2 nitrogen and oxygen atoms in total. The number of piperidine rings is 1. The Hall–Kier alpha value is -0.860. The summed E-state index contributed by atoms with van der Waals surface area (Å²) in [6.07, 6.45) is 4.00. The smallest absolute Gasteiger partial charge is 0.0296 e. The Bertz CT molecular complexity index is 427. The Balaban J connectivity index is 1.91. The van der Waals surface area contributed by atoms with E-state index in [0.29, 0.717) is 12.1 Å². The van der Waals surface area contributed by atoms with Crippen LogP contribution in [0.2, 0.25) is 0 Å². The third-order valence-corrected chi connectivity index (χ3v) is 4.96. The molecule has 0 saturated carbocycles. The van der Waals surface area contributed by atoms with Crippen molar-refractivity contribution < 1.29 is 0 Å². The number of benzene rings is 1. The molecule has 1 aromatic carbocycles. The minimum Gasteiger partial charge on any atom is -0.307 e. The number of rotatable bonds is 6. The van der Waals surface area contributed by atoms with Gasteiger partial charge in [0.15, 0.2) is 0 Å². The van der Waals surface area contributed by atoms with E-state index in [1.165, 1.54) is 50.0 Å². The average molecular weight is 288 g/mol. The number of likely N-dealkylation sites (tertiary alicyclic amines) is 1. The Morgan fingerprint density at radius 2 is 2.05 bits per heavy atom. The molecule has 2 rings (SSSR count). The van der Waals surface area contributed by atoms with Gasteiger partial charge in [-0.15, -0.1) is 0 Å². The summed E-state index contributed by atoms with van der Waals surface area (Å²) in [7, 11) is 0. The first-order chi connectivity index (χ1) is 10.1. The van der Waals surface area contributed by atoms with Crippen molar-refractivity contribution in [2.75, 3.05) is 19.6 Å². The Labute approximate surface area is 130 Å². The van der Waals surface area contributed by atoms with Crippen LogP contribution in [0.4, 0.5) is 0 Å². The molecule has 1 aliphatic heterocycles. The number of hydrogen-bond acceptors (Lipinski definition) is 2. The van der Waals surface area contributed by atoms with E-state index in [9.17, 15) is 0 Å². The molecule has 2 heteroatoms. The highest BCUT2D eigenvalue weighted by Crippen LogP contribution is 2.23. The molecule has 1 saturated heterocycles. The summed E-state index contributed by atoms with van der Waals surface area (Å²) in [6, 6.07) is 9.75. The van der Waals surface area contributed by atoms with Gasteiger partial charge in [0.1, 0.15) is 0 Å². The molecule has 3 atom stereocenters. The summed E-state index contributed by atoms with van der Waals surface area (Å²) in [5, 5.41) is 3.84. The van der Waals surface area contributed by atoms with Crippen LogP contribution in [0.15, 0.2) is 24.3 Å². The largest absolute Gasteiger partial charge is 0.307 e. The van der Waals surface area contributed by atoms with Crippen LogP contribution < -0.4 is 5.32 Å². The lowest BCUT2D eigenvalue weighted by Crippen LogP contribution is -2.45. The van der Waals surface area contributed by atoms with Gasteiger partial charge in [0.25, 0.3) is 0 Å². The van der Waals surface area contributed by atoms with E-state index in [1.54, 1.807) is 0 Å². The van der Waals surface area contributed by atoms with Gasteiger partial charge in [-0.25, -0.2) is 0 Å². The topological polar surface area (TPSA) is 15.3 Å². The summed E-state index contributed by atoms with van der Waals surface area (Å²) in [5.41, 5.74) is 2.83. The molecule has 0 aromatic heterocycles. The van der Waals surface area contributed by atoms with Crippen LogP contribution in [-0.2, 0) is 0 Å². The SMILES string of the molecule is CCCN1CCCC(C(C)N[C@H](C)c2ccccc2C)C1. The molecule has 0 bridgehead atoms. The summed E-state index contributed by atoms with van der Waals surface area (Å²) < 4.78 is 0. The maximum atomic E-state index is 3.84. The highest BCUT2D eigenvalue weighted by Gasteiger charge is 2.25. The average Bonchev–Trinajstić information content (AvgIpc) is 2.48. The lowest BCUT2D eigenvalue weighted by atomic mass is 9.90. The molecule has 1 heterocycles. The van der Waals surface area contributed by atoms with Crippen LogP contribution in [0.3, 0.4) is 0 Å². The van der Waals surface area contributed by atoms with E-state index in [-0.39, 0.29) is 0 Å². The summed E-state index contributed by atoms with van der Waals surface area (Å²) in [6.45, 7) is 13.0. The summed E-state index contributed by atoms with van der Waals surface area (Å²) in [5.74, 6) is 0.789. The zero-order chi connectivity index (χ0) is 15.2. The van der Waals surface area contributed by atoms with Gasteiger partial charge in [-0.1, -0.05) is 31.2 Å². The van der Waals surface area contributed by atoms with Crippen LogP contribution in [0.5, 0.6) is 0 Å². The molecule has 0 aliphatic carbocycles. The van der Waals surface area contributed by atoms with Crippen molar-refractivity contribution in [2.24, 2.45) is 5.92 Å². The van der Waals surface area contributed by atoms with E-state index in [4.69, 9.17) is 0 Å². The zero-order valence-corrected chi connectivity index (χ0v) is 14.2. The second-order valence-electron chi connectivity index (χ2n) is 6.74. The second-order valence-corrected chi connectivity index (χ2v) is 6.74. The first-order valence-corrected chi connectivity index (χ1v) is 8.65. The van der Waals surface area contributed by atoms with Crippen molar-refractivity contribution >= 4 is 0 Å². The molecule has 1 aliphatic rings. The Kier molecular flexibility index (Phi) is 6.25. The van der Waals surface area contributed by atoms with Crippen molar-refractivity contribution in [2.45, 2.75) is 59.0 Å². The quantitative estimate of drug-likeness (QED) is 0.845. The van der Waals surface area contributed by atoms with E-state index in [1.807, 2.05) is 0 Å². The van der Waals surface area contributed by atoms with Gasteiger partial charge in [-0.05, 0) is 70.2 Å². The van der Waals surface area contributed by atoms with Crippen LogP contribution >= 0.6 is 0 Å². The molecule has 118 valence electrons. The summed E-state index contributed by atoms with van der Waals surface area (Å²) >= 11 is 0. The minimum absolute atomic E-state index is 0.433. The van der Waals surface area contributed by atoms with E-state index in [2.05, 4.69) is 62.2 Å². The first kappa shape index (κ1) is 16.5. The lowest BCUT2D eigenvalue weighted by molar-refractivity contribution is 0.147. The van der Waals surface area contributed by atoms with Gasteiger partial charge in [0.05, 0.1) is 0 Å². The van der Waals surface area contributed by atoms with Gasteiger partial charge >= 0.3 is 0 Å². The van der Waals surface area contributed by atoms with Crippen molar-refractivity contribution in [1.29, 1.82) is 0 Å². The van der Waals surface area contributed by atoms with E-state index in [0.717, 1.165) is 5.92 Å².